The van der Waals surface area contributed by atoms with Crippen LogP contribution >= 0.6 is 0 Å². The van der Waals surface area contributed by atoms with Gasteiger partial charge < -0.3 is 15.4 Å². The molecule has 0 bridgehead atoms. The molecule has 116 valence electrons. The SMILES string of the molecule is COc1ccc(CCCN(C)C(=O)C2(N)CCCC2)cc1. The predicted molar refractivity (Wildman–Crippen MR) is 84.3 cm³/mol. The molecule has 0 unspecified atom stereocenters. The van der Waals surface area contributed by atoms with E-state index in [4.69, 9.17) is 10.5 Å². The first kappa shape index (κ1) is 15.8. The number of nitrogens with two attached hydrogens (primary N) is 1. The second-order valence-corrected chi connectivity index (χ2v) is 6.04. The molecule has 1 aromatic carbocycles. The average Bonchev–Trinajstić information content (AvgIpc) is 2.95. The Labute approximate surface area is 127 Å². The largest absolute Gasteiger partial charge is 0.497 e. The van der Waals surface area contributed by atoms with E-state index in [1.54, 1.807) is 12.0 Å². The lowest BCUT2D eigenvalue weighted by Crippen LogP contribution is -2.52. The maximum atomic E-state index is 12.4. The third-order valence-corrected chi connectivity index (χ3v) is 4.39. The van der Waals surface area contributed by atoms with Crippen LogP contribution in [0.25, 0.3) is 0 Å². The monoisotopic (exact) mass is 290 g/mol. The molecule has 2 rings (SSSR count). The van der Waals surface area contributed by atoms with Crippen molar-refractivity contribution in [3.05, 3.63) is 29.8 Å². The van der Waals surface area contributed by atoms with Crippen molar-refractivity contribution < 1.29 is 9.53 Å². The number of carbonyl (C=O) groups excluding carboxylic acids is 1. The summed E-state index contributed by atoms with van der Waals surface area (Å²) >= 11 is 0. The van der Waals surface area contributed by atoms with E-state index in [9.17, 15) is 4.79 Å². The molecule has 2 N–H and O–H groups in total. The van der Waals surface area contributed by atoms with Gasteiger partial charge in [-0.05, 0) is 43.4 Å². The zero-order valence-corrected chi connectivity index (χ0v) is 13.1. The topological polar surface area (TPSA) is 55.6 Å². The molecule has 0 atom stereocenters. The van der Waals surface area contributed by atoms with Crippen molar-refractivity contribution in [3.63, 3.8) is 0 Å². The standard InChI is InChI=1S/C17H26N2O2/c1-19(16(20)17(18)11-3-4-12-17)13-5-6-14-7-9-15(21-2)10-8-14/h7-10H,3-6,11-13,18H2,1-2H3. The number of carbonyl (C=O) groups is 1. The van der Waals surface area contributed by atoms with Crippen LogP contribution in [0.1, 0.15) is 37.7 Å². The average molecular weight is 290 g/mol. The van der Waals surface area contributed by atoms with E-state index in [1.165, 1.54) is 5.56 Å². The second-order valence-electron chi connectivity index (χ2n) is 6.04. The number of benzene rings is 1. The van der Waals surface area contributed by atoms with Gasteiger partial charge in [0.2, 0.25) is 5.91 Å². The highest BCUT2D eigenvalue weighted by Crippen LogP contribution is 2.28. The molecular weight excluding hydrogens is 264 g/mol. The van der Waals surface area contributed by atoms with Crippen LogP contribution in [-0.2, 0) is 11.2 Å². The Kier molecular flexibility index (Phi) is 5.23. The van der Waals surface area contributed by atoms with Gasteiger partial charge in [0, 0.05) is 13.6 Å². The fraction of sp³-hybridized carbons (Fsp3) is 0.588. The fourth-order valence-electron chi connectivity index (χ4n) is 3.01. The van der Waals surface area contributed by atoms with Gasteiger partial charge >= 0.3 is 0 Å². The van der Waals surface area contributed by atoms with Crippen LogP contribution < -0.4 is 10.5 Å². The number of amides is 1. The van der Waals surface area contributed by atoms with Crippen LogP contribution in [0, 0.1) is 0 Å². The summed E-state index contributed by atoms with van der Waals surface area (Å²) in [6.45, 7) is 0.754. The van der Waals surface area contributed by atoms with Crippen LogP contribution in [0.3, 0.4) is 0 Å². The Hall–Kier alpha value is -1.55. The summed E-state index contributed by atoms with van der Waals surface area (Å²) in [5.41, 5.74) is 6.87. The summed E-state index contributed by atoms with van der Waals surface area (Å²) in [7, 11) is 3.53. The Morgan fingerprint density at radius 1 is 1.29 bits per heavy atom. The molecule has 1 fully saturated rings. The van der Waals surface area contributed by atoms with Gasteiger partial charge in [0.1, 0.15) is 5.75 Å². The molecule has 1 aliphatic rings. The Bertz CT molecular complexity index is 464. The van der Waals surface area contributed by atoms with Crippen LogP contribution in [0.4, 0.5) is 0 Å². The highest BCUT2D eigenvalue weighted by Gasteiger charge is 2.38. The third kappa shape index (κ3) is 3.97. The molecule has 1 aliphatic carbocycles. The molecule has 1 aromatic rings. The van der Waals surface area contributed by atoms with Gasteiger partial charge in [-0.1, -0.05) is 25.0 Å². The number of methoxy groups -OCH3 is 1. The van der Waals surface area contributed by atoms with Gasteiger partial charge in [-0.25, -0.2) is 0 Å². The fourth-order valence-corrected chi connectivity index (χ4v) is 3.01. The number of ether oxygens (including phenoxy) is 1. The quantitative estimate of drug-likeness (QED) is 0.875. The van der Waals surface area contributed by atoms with Gasteiger partial charge in [0.25, 0.3) is 0 Å². The van der Waals surface area contributed by atoms with Crippen LogP contribution in [-0.4, -0.2) is 37.0 Å². The van der Waals surface area contributed by atoms with Crippen molar-refractivity contribution in [3.8, 4) is 5.75 Å². The lowest BCUT2D eigenvalue weighted by atomic mass is 9.97. The molecule has 4 heteroatoms. The maximum Gasteiger partial charge on any atom is 0.242 e. The van der Waals surface area contributed by atoms with E-state index in [2.05, 4.69) is 12.1 Å². The molecule has 1 amide bonds. The minimum atomic E-state index is -0.602. The normalized spacial score (nSPS) is 16.7. The van der Waals surface area contributed by atoms with E-state index >= 15 is 0 Å². The minimum Gasteiger partial charge on any atom is -0.497 e. The molecular formula is C17H26N2O2. The summed E-state index contributed by atoms with van der Waals surface area (Å²) in [5.74, 6) is 0.979. The van der Waals surface area contributed by atoms with E-state index in [1.807, 2.05) is 19.2 Å². The summed E-state index contributed by atoms with van der Waals surface area (Å²) in [4.78, 5) is 14.2. The zero-order chi connectivity index (χ0) is 15.3. The summed E-state index contributed by atoms with van der Waals surface area (Å²) in [6.07, 6.45) is 5.71. The second kappa shape index (κ2) is 6.94. The van der Waals surface area contributed by atoms with E-state index in [0.717, 1.165) is 50.8 Å². The van der Waals surface area contributed by atoms with E-state index in [0.29, 0.717) is 0 Å². The lowest BCUT2D eigenvalue weighted by Gasteiger charge is -2.28. The molecule has 0 saturated heterocycles. The molecule has 0 heterocycles. The van der Waals surface area contributed by atoms with Crippen molar-refractivity contribution in [1.29, 1.82) is 0 Å². The number of likely N-dealkylation sites (N-methyl/N-ethyl adjacent to an activating group) is 1. The lowest BCUT2D eigenvalue weighted by molar-refractivity contribution is -0.135. The molecule has 0 aromatic heterocycles. The first-order valence-corrected chi connectivity index (χ1v) is 7.72. The van der Waals surface area contributed by atoms with E-state index < -0.39 is 5.54 Å². The van der Waals surface area contributed by atoms with Crippen molar-refractivity contribution in [2.45, 2.75) is 44.1 Å². The molecule has 0 radical (unpaired) electrons. The van der Waals surface area contributed by atoms with Crippen molar-refractivity contribution in [2.24, 2.45) is 5.73 Å². The Morgan fingerprint density at radius 2 is 1.90 bits per heavy atom. The zero-order valence-electron chi connectivity index (χ0n) is 13.1. The molecule has 21 heavy (non-hydrogen) atoms. The molecule has 0 spiro atoms. The van der Waals surface area contributed by atoms with Gasteiger partial charge in [-0.2, -0.15) is 0 Å². The molecule has 4 nitrogen and oxygen atoms in total. The van der Waals surface area contributed by atoms with Gasteiger partial charge in [0.15, 0.2) is 0 Å². The van der Waals surface area contributed by atoms with Gasteiger partial charge in [-0.3, -0.25) is 4.79 Å². The van der Waals surface area contributed by atoms with Crippen molar-refractivity contribution in [2.75, 3.05) is 20.7 Å². The van der Waals surface area contributed by atoms with Gasteiger partial charge in [0.05, 0.1) is 12.6 Å². The number of hydrogen-bond acceptors (Lipinski definition) is 3. The van der Waals surface area contributed by atoms with Crippen LogP contribution in [0.5, 0.6) is 5.75 Å². The summed E-state index contributed by atoms with van der Waals surface area (Å²) in [5, 5.41) is 0. The Morgan fingerprint density at radius 3 is 2.48 bits per heavy atom. The maximum absolute atomic E-state index is 12.4. The van der Waals surface area contributed by atoms with E-state index in [-0.39, 0.29) is 5.91 Å². The summed E-state index contributed by atoms with van der Waals surface area (Å²) in [6, 6.07) is 8.08. The highest BCUT2D eigenvalue weighted by molar-refractivity contribution is 5.86. The smallest absolute Gasteiger partial charge is 0.242 e. The number of aryl methyl sites for hydroxylation is 1. The number of nitrogens with zero attached hydrogens (tertiary/aromatic N) is 1. The van der Waals surface area contributed by atoms with Crippen LogP contribution in [0.2, 0.25) is 0 Å². The number of hydrogen-bond donors (Lipinski definition) is 1. The predicted octanol–water partition coefficient (Wildman–Crippen LogP) is 2.36. The van der Waals surface area contributed by atoms with Crippen LogP contribution in [0.15, 0.2) is 24.3 Å². The minimum absolute atomic E-state index is 0.106. The van der Waals surface area contributed by atoms with Gasteiger partial charge in [-0.15, -0.1) is 0 Å². The Balaban J connectivity index is 1.78. The summed E-state index contributed by atoms with van der Waals surface area (Å²) < 4.78 is 5.14. The third-order valence-electron chi connectivity index (χ3n) is 4.39. The number of rotatable bonds is 6. The molecule has 0 aliphatic heterocycles. The van der Waals surface area contributed by atoms with Crippen molar-refractivity contribution >= 4 is 5.91 Å². The van der Waals surface area contributed by atoms with Crippen molar-refractivity contribution in [1.82, 2.24) is 4.90 Å². The first-order valence-electron chi connectivity index (χ1n) is 7.72. The first-order chi connectivity index (χ1) is 10.0. The highest BCUT2D eigenvalue weighted by atomic mass is 16.5. The molecule has 1 saturated carbocycles.